The van der Waals surface area contributed by atoms with Crippen molar-refractivity contribution >= 4 is 39.0 Å². The Morgan fingerprint density at radius 1 is 1.48 bits per heavy atom. The maximum absolute atomic E-state index is 13.5. The van der Waals surface area contributed by atoms with Crippen molar-refractivity contribution in [1.29, 1.82) is 0 Å². The molecule has 2 atom stereocenters. The summed E-state index contributed by atoms with van der Waals surface area (Å²) in [5.41, 5.74) is 5.35. The van der Waals surface area contributed by atoms with Gasteiger partial charge in [0.15, 0.2) is 0 Å². The number of nitrogens with one attached hydrogen (secondary N) is 1. The lowest BCUT2D eigenvalue weighted by atomic mass is 10.2. The Morgan fingerprint density at radius 2 is 2.19 bits per heavy atom. The van der Waals surface area contributed by atoms with Crippen LogP contribution in [0.15, 0.2) is 23.1 Å². The number of hydrogen-bond acceptors (Lipinski definition) is 4. The Labute approximate surface area is 133 Å². The van der Waals surface area contributed by atoms with Crippen LogP contribution in [0, 0.1) is 5.82 Å². The summed E-state index contributed by atoms with van der Waals surface area (Å²) in [5, 5.41) is 0.273. The fraction of sp³-hybridized carbons (Fsp3) is 0.462. The van der Waals surface area contributed by atoms with Gasteiger partial charge in [0, 0.05) is 16.9 Å². The highest BCUT2D eigenvalue weighted by molar-refractivity contribution is 7.99. The number of rotatable bonds is 5. The van der Waals surface area contributed by atoms with E-state index in [1.165, 1.54) is 12.1 Å². The topological polar surface area (TPSA) is 72.2 Å². The molecule has 0 aliphatic heterocycles. The average molecular weight is 348 g/mol. The van der Waals surface area contributed by atoms with Gasteiger partial charge in [-0.3, -0.25) is 0 Å². The molecule has 0 amide bonds. The van der Waals surface area contributed by atoms with Crippen LogP contribution in [0.25, 0.3) is 0 Å². The van der Waals surface area contributed by atoms with Gasteiger partial charge in [0.2, 0.25) is 10.0 Å². The zero-order chi connectivity index (χ0) is 15.6. The van der Waals surface area contributed by atoms with Crippen LogP contribution in [0.5, 0.6) is 0 Å². The Hall–Kier alpha value is -0.700. The van der Waals surface area contributed by atoms with E-state index < -0.39 is 15.8 Å². The molecule has 3 N–H and O–H groups in total. The molecule has 1 aromatic carbocycles. The van der Waals surface area contributed by atoms with Crippen LogP contribution in [0.2, 0.25) is 0 Å². The third-order valence-electron chi connectivity index (χ3n) is 3.58. The first-order valence-electron chi connectivity index (χ1n) is 6.49. The highest BCUT2D eigenvalue weighted by atomic mass is 32.2. The van der Waals surface area contributed by atoms with E-state index in [1.54, 1.807) is 11.8 Å². The molecule has 2 unspecified atom stereocenters. The molecule has 0 heterocycles. The predicted octanol–water partition coefficient (Wildman–Crippen LogP) is 2.02. The lowest BCUT2D eigenvalue weighted by Gasteiger charge is -2.19. The summed E-state index contributed by atoms with van der Waals surface area (Å²) in [5.74, 6) is -0.621. The first kappa shape index (κ1) is 16.7. The van der Waals surface area contributed by atoms with Gasteiger partial charge in [0.25, 0.3) is 0 Å². The van der Waals surface area contributed by atoms with Crippen molar-refractivity contribution in [2.75, 3.05) is 6.26 Å². The van der Waals surface area contributed by atoms with Gasteiger partial charge >= 0.3 is 0 Å². The van der Waals surface area contributed by atoms with Crippen molar-refractivity contribution in [1.82, 2.24) is 4.72 Å². The van der Waals surface area contributed by atoms with Gasteiger partial charge in [0.1, 0.15) is 10.8 Å². The Balaban J connectivity index is 2.27. The molecule has 0 saturated heterocycles. The van der Waals surface area contributed by atoms with Crippen molar-refractivity contribution < 1.29 is 12.8 Å². The maximum Gasteiger partial charge on any atom is 0.240 e. The monoisotopic (exact) mass is 348 g/mol. The third kappa shape index (κ3) is 3.74. The molecule has 116 valence electrons. The zero-order valence-electron chi connectivity index (χ0n) is 11.5. The van der Waals surface area contributed by atoms with Crippen molar-refractivity contribution in [3.8, 4) is 0 Å². The van der Waals surface area contributed by atoms with Crippen molar-refractivity contribution in [3.05, 3.63) is 29.6 Å². The zero-order valence-corrected chi connectivity index (χ0v) is 14.0. The molecule has 1 aromatic rings. The number of thiocarbonyl (C=S) groups is 1. The number of thioether (sulfide) groups is 1. The van der Waals surface area contributed by atoms with E-state index in [0.717, 1.165) is 25.3 Å². The van der Waals surface area contributed by atoms with Gasteiger partial charge in [-0.25, -0.2) is 17.5 Å². The molecular weight excluding hydrogens is 331 g/mol. The number of halogens is 1. The van der Waals surface area contributed by atoms with Crippen LogP contribution in [0.3, 0.4) is 0 Å². The van der Waals surface area contributed by atoms with Gasteiger partial charge in [0.05, 0.1) is 4.90 Å². The minimum Gasteiger partial charge on any atom is -0.389 e. The first-order valence-corrected chi connectivity index (χ1v) is 9.67. The van der Waals surface area contributed by atoms with Gasteiger partial charge in [-0.05, 0) is 37.3 Å². The van der Waals surface area contributed by atoms with E-state index in [0.29, 0.717) is 0 Å². The summed E-state index contributed by atoms with van der Waals surface area (Å²) < 4.78 is 41.1. The smallest absolute Gasteiger partial charge is 0.240 e. The highest BCUT2D eigenvalue weighted by Gasteiger charge is 2.31. The maximum atomic E-state index is 13.5. The van der Waals surface area contributed by atoms with Crippen LogP contribution >= 0.6 is 24.0 Å². The van der Waals surface area contributed by atoms with Gasteiger partial charge in [-0.2, -0.15) is 11.8 Å². The first-order chi connectivity index (χ1) is 9.85. The molecule has 4 nitrogen and oxygen atoms in total. The Bertz CT molecular complexity index is 649. The number of nitrogens with two attached hydrogens (primary N) is 1. The molecule has 2 rings (SSSR count). The SMILES string of the molecule is CSC1CCCC1NS(=O)(=O)c1ccc(F)c(C(N)=S)c1. The van der Waals surface area contributed by atoms with Crippen LogP contribution < -0.4 is 10.5 Å². The largest absolute Gasteiger partial charge is 0.389 e. The van der Waals surface area contributed by atoms with E-state index in [2.05, 4.69) is 4.72 Å². The van der Waals surface area contributed by atoms with Crippen LogP contribution in [0.4, 0.5) is 4.39 Å². The Kier molecular flexibility index (Phi) is 5.24. The molecule has 0 radical (unpaired) electrons. The average Bonchev–Trinajstić information content (AvgIpc) is 2.85. The molecule has 1 fully saturated rings. The van der Waals surface area contributed by atoms with Crippen molar-refractivity contribution in [2.24, 2.45) is 5.73 Å². The molecule has 1 aliphatic carbocycles. The van der Waals surface area contributed by atoms with Crippen LogP contribution in [0.1, 0.15) is 24.8 Å². The third-order valence-corrected chi connectivity index (χ3v) is 6.45. The molecule has 0 aromatic heterocycles. The molecule has 21 heavy (non-hydrogen) atoms. The number of benzene rings is 1. The van der Waals surface area contributed by atoms with Crippen LogP contribution in [-0.2, 0) is 10.0 Å². The van der Waals surface area contributed by atoms with E-state index in [4.69, 9.17) is 18.0 Å². The summed E-state index contributed by atoms with van der Waals surface area (Å²) in [7, 11) is -3.70. The Morgan fingerprint density at radius 3 is 2.81 bits per heavy atom. The molecule has 0 bridgehead atoms. The van der Waals surface area contributed by atoms with Crippen molar-refractivity contribution in [2.45, 2.75) is 35.4 Å². The minimum atomic E-state index is -3.70. The number of hydrogen-bond donors (Lipinski definition) is 2. The summed E-state index contributed by atoms with van der Waals surface area (Å²) >= 11 is 6.39. The number of sulfonamides is 1. The predicted molar refractivity (Wildman–Crippen MR) is 87.6 cm³/mol. The minimum absolute atomic E-state index is 0.0153. The molecular formula is C13H17FN2O2S3. The fourth-order valence-corrected chi connectivity index (χ4v) is 4.99. The molecule has 0 spiro atoms. The van der Waals surface area contributed by atoms with Gasteiger partial charge in [-0.1, -0.05) is 18.6 Å². The van der Waals surface area contributed by atoms with E-state index in [9.17, 15) is 12.8 Å². The lowest BCUT2D eigenvalue weighted by Crippen LogP contribution is -2.38. The highest BCUT2D eigenvalue weighted by Crippen LogP contribution is 2.29. The van der Waals surface area contributed by atoms with E-state index in [-0.39, 0.29) is 26.7 Å². The second-order valence-electron chi connectivity index (χ2n) is 4.94. The summed E-state index contributed by atoms with van der Waals surface area (Å²) in [6.45, 7) is 0. The summed E-state index contributed by atoms with van der Waals surface area (Å²) in [6.07, 6.45) is 4.78. The molecule has 8 heteroatoms. The van der Waals surface area contributed by atoms with E-state index >= 15 is 0 Å². The second kappa shape index (κ2) is 6.60. The molecule has 1 saturated carbocycles. The van der Waals surface area contributed by atoms with Gasteiger partial charge < -0.3 is 5.73 Å². The standard InChI is InChI=1S/C13H17FN2O2S3/c1-20-12-4-2-3-11(12)16-21(17,18)8-5-6-10(14)9(7-8)13(15)19/h5-7,11-12,16H,2-4H2,1H3,(H2,15,19). The fourth-order valence-electron chi connectivity index (χ4n) is 2.47. The quantitative estimate of drug-likeness (QED) is 0.797. The summed E-state index contributed by atoms with van der Waals surface area (Å²) in [4.78, 5) is -0.175. The second-order valence-corrected chi connectivity index (χ2v) is 8.17. The van der Waals surface area contributed by atoms with E-state index in [1.807, 2.05) is 6.26 Å². The normalized spacial score (nSPS) is 22.4. The van der Waals surface area contributed by atoms with Gasteiger partial charge in [-0.15, -0.1) is 0 Å². The lowest BCUT2D eigenvalue weighted by molar-refractivity contribution is 0.554. The van der Waals surface area contributed by atoms with Crippen LogP contribution in [-0.4, -0.2) is 31.0 Å². The summed E-state index contributed by atoms with van der Waals surface area (Å²) in [6, 6.07) is 3.39. The molecule has 1 aliphatic rings. The van der Waals surface area contributed by atoms with Crippen molar-refractivity contribution in [3.63, 3.8) is 0 Å².